The Balaban J connectivity index is 2.17. The molecule has 0 fully saturated rings. The molecular formula is C17H10IN3O3. The van der Waals surface area contributed by atoms with Crippen LogP contribution in [-0.4, -0.2) is 25.8 Å². The van der Waals surface area contributed by atoms with Gasteiger partial charge in [0.2, 0.25) is 0 Å². The lowest BCUT2D eigenvalue weighted by Crippen LogP contribution is -2.27. The van der Waals surface area contributed by atoms with Crippen molar-refractivity contribution in [3.05, 3.63) is 68.0 Å². The van der Waals surface area contributed by atoms with Gasteiger partial charge in [0.15, 0.2) is 5.56 Å². The number of rotatable bonds is 2. The SMILES string of the molecule is O=C(O)c1c(=O)n(-c2ccc(I)cc2)nc2c1[nH]c1ccccc12. The number of hydrogen-bond donors (Lipinski definition) is 2. The molecule has 2 N–H and O–H groups in total. The number of hydrogen-bond acceptors (Lipinski definition) is 3. The van der Waals surface area contributed by atoms with Gasteiger partial charge in [-0.1, -0.05) is 18.2 Å². The van der Waals surface area contributed by atoms with Crippen LogP contribution in [0.1, 0.15) is 10.4 Å². The lowest BCUT2D eigenvalue weighted by Gasteiger charge is -2.07. The first-order valence-corrected chi connectivity index (χ1v) is 8.17. The molecule has 0 bridgehead atoms. The number of fused-ring (bicyclic) bond motifs is 3. The number of nitrogens with one attached hydrogen (secondary N) is 1. The summed E-state index contributed by atoms with van der Waals surface area (Å²) in [5.74, 6) is -1.28. The first-order valence-electron chi connectivity index (χ1n) is 7.09. The van der Waals surface area contributed by atoms with E-state index in [1.54, 1.807) is 12.1 Å². The summed E-state index contributed by atoms with van der Waals surface area (Å²) in [5, 5.41) is 14.7. The van der Waals surface area contributed by atoms with E-state index in [9.17, 15) is 14.7 Å². The normalized spacial score (nSPS) is 11.2. The van der Waals surface area contributed by atoms with E-state index >= 15 is 0 Å². The van der Waals surface area contributed by atoms with Crippen LogP contribution in [0, 0.1) is 3.57 Å². The summed E-state index contributed by atoms with van der Waals surface area (Å²) in [6.07, 6.45) is 0. The van der Waals surface area contributed by atoms with Gasteiger partial charge in [0.25, 0.3) is 5.56 Å². The van der Waals surface area contributed by atoms with E-state index in [2.05, 4.69) is 32.7 Å². The highest BCUT2D eigenvalue weighted by molar-refractivity contribution is 14.1. The molecule has 0 aliphatic carbocycles. The number of H-pyrrole nitrogens is 1. The molecule has 0 saturated carbocycles. The molecule has 2 heterocycles. The topological polar surface area (TPSA) is 88.0 Å². The molecule has 2 aromatic heterocycles. The number of carbonyl (C=O) groups is 1. The second kappa shape index (κ2) is 5.45. The van der Waals surface area contributed by atoms with Crippen molar-refractivity contribution in [1.29, 1.82) is 0 Å². The van der Waals surface area contributed by atoms with Gasteiger partial charge in [-0.3, -0.25) is 4.79 Å². The Kier molecular flexibility index (Phi) is 3.38. The molecule has 24 heavy (non-hydrogen) atoms. The largest absolute Gasteiger partial charge is 0.477 e. The number of aromatic nitrogens is 3. The van der Waals surface area contributed by atoms with E-state index in [0.717, 1.165) is 19.2 Å². The Morgan fingerprint density at radius 3 is 2.54 bits per heavy atom. The highest BCUT2D eigenvalue weighted by atomic mass is 127. The van der Waals surface area contributed by atoms with Crippen LogP contribution in [-0.2, 0) is 0 Å². The lowest BCUT2D eigenvalue weighted by molar-refractivity contribution is 0.0696. The maximum Gasteiger partial charge on any atom is 0.343 e. The average molecular weight is 431 g/mol. The fourth-order valence-corrected chi connectivity index (χ4v) is 3.09. The second-order valence-electron chi connectivity index (χ2n) is 5.27. The molecule has 0 unspecified atom stereocenters. The lowest BCUT2D eigenvalue weighted by atomic mass is 10.2. The maximum absolute atomic E-state index is 12.7. The molecule has 0 saturated heterocycles. The van der Waals surface area contributed by atoms with Crippen LogP contribution in [0.15, 0.2) is 53.3 Å². The van der Waals surface area contributed by atoms with Gasteiger partial charge in [-0.25, -0.2) is 4.79 Å². The number of nitrogens with zero attached hydrogens (tertiary/aromatic N) is 2. The third-order valence-corrected chi connectivity index (χ3v) is 4.54. The molecule has 0 atom stereocenters. The molecule has 0 amide bonds. The van der Waals surface area contributed by atoms with Crippen molar-refractivity contribution < 1.29 is 9.90 Å². The molecule has 4 aromatic rings. The van der Waals surface area contributed by atoms with Gasteiger partial charge in [-0.2, -0.15) is 9.78 Å². The monoisotopic (exact) mass is 431 g/mol. The number of carboxylic acids is 1. The zero-order valence-corrected chi connectivity index (χ0v) is 14.3. The highest BCUT2D eigenvalue weighted by Gasteiger charge is 2.21. The van der Waals surface area contributed by atoms with E-state index < -0.39 is 11.5 Å². The molecule has 0 radical (unpaired) electrons. The van der Waals surface area contributed by atoms with E-state index in [4.69, 9.17) is 0 Å². The van der Waals surface area contributed by atoms with Crippen molar-refractivity contribution in [2.45, 2.75) is 0 Å². The van der Waals surface area contributed by atoms with Gasteiger partial charge in [-0.05, 0) is 52.9 Å². The van der Waals surface area contributed by atoms with Crippen LogP contribution in [0.5, 0.6) is 0 Å². The summed E-state index contributed by atoms with van der Waals surface area (Å²) < 4.78 is 2.15. The molecule has 6 nitrogen and oxygen atoms in total. The number of aromatic carboxylic acids is 1. The van der Waals surface area contributed by atoms with Gasteiger partial charge in [0.05, 0.1) is 11.2 Å². The average Bonchev–Trinajstić information content (AvgIpc) is 2.92. The van der Waals surface area contributed by atoms with Crippen molar-refractivity contribution >= 4 is 50.5 Å². The summed E-state index contributed by atoms with van der Waals surface area (Å²) >= 11 is 2.16. The second-order valence-corrected chi connectivity index (χ2v) is 6.51. The Hall–Kier alpha value is -2.68. The van der Waals surface area contributed by atoms with Gasteiger partial charge >= 0.3 is 5.97 Å². The molecule has 0 aliphatic heterocycles. The van der Waals surface area contributed by atoms with Crippen LogP contribution in [0.4, 0.5) is 0 Å². The number of halogens is 1. The van der Waals surface area contributed by atoms with E-state index in [1.807, 2.05) is 36.4 Å². The minimum Gasteiger partial charge on any atom is -0.477 e. The molecule has 2 aromatic carbocycles. The summed E-state index contributed by atoms with van der Waals surface area (Å²) in [4.78, 5) is 27.4. The predicted molar refractivity (Wildman–Crippen MR) is 98.9 cm³/mol. The molecule has 0 aliphatic rings. The van der Waals surface area contributed by atoms with Crippen molar-refractivity contribution in [2.75, 3.05) is 0 Å². The third kappa shape index (κ3) is 2.20. The van der Waals surface area contributed by atoms with Crippen molar-refractivity contribution in [1.82, 2.24) is 14.8 Å². The van der Waals surface area contributed by atoms with Crippen LogP contribution in [0.2, 0.25) is 0 Å². The Morgan fingerprint density at radius 1 is 1.12 bits per heavy atom. The highest BCUT2D eigenvalue weighted by Crippen LogP contribution is 2.25. The summed E-state index contributed by atoms with van der Waals surface area (Å²) in [6, 6.07) is 14.5. The fourth-order valence-electron chi connectivity index (χ4n) is 2.73. The smallest absolute Gasteiger partial charge is 0.343 e. The van der Waals surface area contributed by atoms with Gasteiger partial charge < -0.3 is 10.1 Å². The van der Waals surface area contributed by atoms with Gasteiger partial charge in [-0.15, -0.1) is 0 Å². The quantitative estimate of drug-likeness (QED) is 0.478. The minimum absolute atomic E-state index is 0.246. The van der Waals surface area contributed by atoms with Crippen molar-refractivity contribution in [3.8, 4) is 5.69 Å². The number of carboxylic acid groups (broad SMARTS) is 1. The number of benzene rings is 2. The van der Waals surface area contributed by atoms with Crippen molar-refractivity contribution in [3.63, 3.8) is 0 Å². The Morgan fingerprint density at radius 2 is 1.83 bits per heavy atom. The van der Waals surface area contributed by atoms with Crippen LogP contribution in [0.25, 0.3) is 27.6 Å². The zero-order valence-electron chi connectivity index (χ0n) is 12.2. The fraction of sp³-hybridized carbons (Fsp3) is 0. The molecule has 118 valence electrons. The molecular weight excluding hydrogens is 421 g/mol. The van der Waals surface area contributed by atoms with Crippen molar-refractivity contribution in [2.24, 2.45) is 0 Å². The van der Waals surface area contributed by atoms with E-state index in [1.165, 1.54) is 0 Å². The molecule has 7 heteroatoms. The first kappa shape index (κ1) is 14.9. The molecule has 0 spiro atoms. The Labute approximate surface area is 148 Å². The van der Waals surface area contributed by atoms with Gasteiger partial charge in [0.1, 0.15) is 5.52 Å². The third-order valence-electron chi connectivity index (χ3n) is 3.82. The summed E-state index contributed by atoms with van der Waals surface area (Å²) in [5.41, 5.74) is 0.992. The zero-order chi connectivity index (χ0) is 16.8. The first-order chi connectivity index (χ1) is 11.6. The number of aromatic amines is 1. The van der Waals surface area contributed by atoms with E-state index in [0.29, 0.717) is 11.2 Å². The Bertz CT molecular complexity index is 1160. The summed E-state index contributed by atoms with van der Waals surface area (Å²) in [6.45, 7) is 0. The van der Waals surface area contributed by atoms with Crippen LogP contribution in [0.3, 0.4) is 0 Å². The van der Waals surface area contributed by atoms with Gasteiger partial charge in [0, 0.05) is 14.5 Å². The molecule has 4 rings (SSSR count). The summed E-state index contributed by atoms with van der Waals surface area (Å²) in [7, 11) is 0. The standard InChI is InChI=1S/C17H10IN3O3/c18-9-5-7-10(8-6-9)21-16(22)13(17(23)24)15-14(20-21)11-3-1-2-4-12(11)19-15/h1-8,19H,(H,23,24). The van der Waals surface area contributed by atoms with Crippen LogP contribution < -0.4 is 5.56 Å². The van der Waals surface area contributed by atoms with E-state index in [-0.39, 0.29) is 11.1 Å². The van der Waals surface area contributed by atoms with Crippen LogP contribution >= 0.6 is 22.6 Å². The minimum atomic E-state index is -1.28. The number of para-hydroxylation sites is 1. The predicted octanol–water partition coefficient (Wildman–Crippen LogP) is 3.17. The maximum atomic E-state index is 12.7.